The maximum absolute atomic E-state index is 13.3. The van der Waals surface area contributed by atoms with Crippen LogP contribution < -0.4 is 5.32 Å². The van der Waals surface area contributed by atoms with E-state index in [0.29, 0.717) is 18.7 Å². The molecule has 1 heterocycles. The summed E-state index contributed by atoms with van der Waals surface area (Å²) < 4.78 is 0. The zero-order chi connectivity index (χ0) is 21.2. The van der Waals surface area contributed by atoms with Gasteiger partial charge in [-0.05, 0) is 41.1 Å². The molecule has 0 radical (unpaired) electrons. The van der Waals surface area contributed by atoms with Gasteiger partial charge >= 0.3 is 0 Å². The van der Waals surface area contributed by atoms with Crippen LogP contribution >= 0.6 is 0 Å². The average molecular weight is 409 g/mol. The number of nitrogens with one attached hydrogen (secondary N) is 1. The van der Waals surface area contributed by atoms with E-state index in [1.54, 1.807) is 0 Å². The van der Waals surface area contributed by atoms with Crippen LogP contribution in [0.25, 0.3) is 21.5 Å². The molecule has 2 amide bonds. The Hall–Kier alpha value is -3.66. The van der Waals surface area contributed by atoms with Crippen LogP contribution in [-0.2, 0) is 4.79 Å². The highest BCUT2D eigenvalue weighted by atomic mass is 16.2. The molecule has 1 unspecified atom stereocenters. The molecule has 1 aliphatic rings. The smallest absolute Gasteiger partial charge is 0.254 e. The number of hydrogen-bond donors (Lipinski definition) is 1. The van der Waals surface area contributed by atoms with Gasteiger partial charge in [0.2, 0.25) is 5.91 Å². The summed E-state index contributed by atoms with van der Waals surface area (Å²) in [4.78, 5) is 28.2. The van der Waals surface area contributed by atoms with Crippen molar-refractivity contribution >= 4 is 39.0 Å². The maximum atomic E-state index is 13.3. The molecule has 1 aliphatic heterocycles. The first-order chi connectivity index (χ1) is 15.2. The molecule has 1 N–H and O–H groups in total. The van der Waals surface area contributed by atoms with E-state index in [1.165, 1.54) is 0 Å². The fraction of sp³-hybridized carbons (Fsp3) is 0.185. The lowest BCUT2D eigenvalue weighted by Crippen LogP contribution is -2.43. The molecule has 4 aromatic rings. The van der Waals surface area contributed by atoms with Gasteiger partial charge in [-0.15, -0.1) is 0 Å². The average Bonchev–Trinajstić information content (AvgIpc) is 2.83. The van der Waals surface area contributed by atoms with Crippen molar-refractivity contribution in [3.8, 4) is 0 Å². The molecular formula is C27H24N2O2. The van der Waals surface area contributed by atoms with Crippen LogP contribution in [0, 0.1) is 5.92 Å². The van der Waals surface area contributed by atoms with E-state index in [-0.39, 0.29) is 17.7 Å². The highest BCUT2D eigenvalue weighted by molar-refractivity contribution is 6.07. The number of carbonyl (C=O) groups excluding carboxylic acids is 2. The number of likely N-dealkylation sites (tertiary alicyclic amines) is 1. The second-order valence-electron chi connectivity index (χ2n) is 8.13. The van der Waals surface area contributed by atoms with Crippen molar-refractivity contribution < 1.29 is 9.59 Å². The lowest BCUT2D eigenvalue weighted by Gasteiger charge is -2.32. The van der Waals surface area contributed by atoms with Crippen molar-refractivity contribution in [2.75, 3.05) is 18.4 Å². The fourth-order valence-corrected chi connectivity index (χ4v) is 4.53. The number of amides is 2. The first-order valence-corrected chi connectivity index (χ1v) is 10.8. The molecule has 0 spiro atoms. The second kappa shape index (κ2) is 8.23. The summed E-state index contributed by atoms with van der Waals surface area (Å²) in [7, 11) is 0. The van der Waals surface area contributed by atoms with E-state index >= 15 is 0 Å². The van der Waals surface area contributed by atoms with E-state index in [1.807, 2.05) is 89.8 Å². The maximum Gasteiger partial charge on any atom is 0.254 e. The van der Waals surface area contributed by atoms with Crippen LogP contribution in [-0.4, -0.2) is 29.8 Å². The van der Waals surface area contributed by atoms with Crippen LogP contribution in [0.15, 0.2) is 84.9 Å². The molecule has 4 heteroatoms. The number of rotatable bonds is 3. The molecule has 4 aromatic carbocycles. The van der Waals surface area contributed by atoms with Crippen LogP contribution in [0.3, 0.4) is 0 Å². The first-order valence-electron chi connectivity index (χ1n) is 10.8. The highest BCUT2D eigenvalue weighted by Gasteiger charge is 2.29. The van der Waals surface area contributed by atoms with Gasteiger partial charge in [0, 0.05) is 29.7 Å². The lowest BCUT2D eigenvalue weighted by atomic mass is 9.95. The normalized spacial score (nSPS) is 16.4. The molecule has 31 heavy (non-hydrogen) atoms. The van der Waals surface area contributed by atoms with Crippen LogP contribution in [0.1, 0.15) is 23.2 Å². The highest BCUT2D eigenvalue weighted by Crippen LogP contribution is 2.27. The summed E-state index contributed by atoms with van der Waals surface area (Å²) in [5.41, 5.74) is 1.52. The minimum atomic E-state index is -0.216. The third-order valence-corrected chi connectivity index (χ3v) is 6.15. The Balaban J connectivity index is 1.35. The number of anilines is 1. The first kappa shape index (κ1) is 19.3. The molecular weight excluding hydrogens is 384 g/mol. The van der Waals surface area contributed by atoms with E-state index < -0.39 is 0 Å². The minimum Gasteiger partial charge on any atom is -0.338 e. The summed E-state index contributed by atoms with van der Waals surface area (Å²) in [6.07, 6.45) is 1.61. The Bertz CT molecular complexity index is 1270. The van der Waals surface area contributed by atoms with E-state index in [2.05, 4.69) is 5.32 Å². The molecule has 1 atom stereocenters. The summed E-state index contributed by atoms with van der Waals surface area (Å²) in [5.74, 6) is -0.238. The van der Waals surface area contributed by atoms with Crippen molar-refractivity contribution in [1.29, 1.82) is 0 Å². The number of carbonyl (C=O) groups is 2. The van der Waals surface area contributed by atoms with E-state index in [0.717, 1.165) is 40.1 Å². The quantitative estimate of drug-likeness (QED) is 0.488. The van der Waals surface area contributed by atoms with Crippen molar-refractivity contribution in [1.82, 2.24) is 4.90 Å². The number of hydrogen-bond acceptors (Lipinski definition) is 2. The molecule has 154 valence electrons. The monoisotopic (exact) mass is 408 g/mol. The molecule has 0 bridgehead atoms. The molecule has 4 nitrogen and oxygen atoms in total. The van der Waals surface area contributed by atoms with Crippen molar-refractivity contribution in [3.05, 3.63) is 90.5 Å². The molecule has 1 fully saturated rings. The number of piperidine rings is 1. The Morgan fingerprint density at radius 1 is 0.774 bits per heavy atom. The van der Waals surface area contributed by atoms with Gasteiger partial charge in [-0.3, -0.25) is 9.59 Å². The molecule has 0 aromatic heterocycles. The summed E-state index contributed by atoms with van der Waals surface area (Å²) >= 11 is 0. The fourth-order valence-electron chi connectivity index (χ4n) is 4.53. The Morgan fingerprint density at radius 2 is 1.42 bits per heavy atom. The molecule has 1 saturated heterocycles. The van der Waals surface area contributed by atoms with Gasteiger partial charge < -0.3 is 10.2 Å². The lowest BCUT2D eigenvalue weighted by molar-refractivity contribution is -0.121. The summed E-state index contributed by atoms with van der Waals surface area (Å²) in [5, 5.41) is 7.23. The summed E-state index contributed by atoms with van der Waals surface area (Å²) in [6.45, 7) is 1.12. The van der Waals surface area contributed by atoms with Crippen molar-refractivity contribution in [2.45, 2.75) is 12.8 Å². The predicted molar refractivity (Wildman–Crippen MR) is 125 cm³/mol. The zero-order valence-electron chi connectivity index (χ0n) is 17.3. The van der Waals surface area contributed by atoms with Crippen molar-refractivity contribution in [3.63, 3.8) is 0 Å². The van der Waals surface area contributed by atoms with Crippen molar-refractivity contribution in [2.24, 2.45) is 5.92 Å². The van der Waals surface area contributed by atoms with Gasteiger partial charge in [0.25, 0.3) is 5.91 Å². The Kier molecular flexibility index (Phi) is 5.13. The number of fused-ring (bicyclic) bond motifs is 2. The van der Waals surface area contributed by atoms with Gasteiger partial charge in [-0.2, -0.15) is 0 Å². The number of benzene rings is 4. The van der Waals surface area contributed by atoms with Gasteiger partial charge in [-0.25, -0.2) is 0 Å². The molecule has 0 saturated carbocycles. The third-order valence-electron chi connectivity index (χ3n) is 6.15. The molecule has 0 aliphatic carbocycles. The topological polar surface area (TPSA) is 49.4 Å². The standard InChI is InChI=1S/C27H24N2O2/c30-26(28-25-16-6-11-20-9-2-4-14-23(20)25)21-12-7-17-29(18-21)27(31)24-15-5-10-19-8-1-3-13-22(19)24/h1-6,8-11,13-16,21H,7,12,17-18H2,(H,28,30). The van der Waals surface area contributed by atoms with Gasteiger partial charge in [0.05, 0.1) is 5.92 Å². The Labute approximate surface area is 181 Å². The van der Waals surface area contributed by atoms with E-state index in [4.69, 9.17) is 0 Å². The van der Waals surface area contributed by atoms with Gasteiger partial charge in [0.15, 0.2) is 0 Å². The minimum absolute atomic E-state index is 0.000499. The largest absolute Gasteiger partial charge is 0.338 e. The second-order valence-corrected chi connectivity index (χ2v) is 8.13. The number of nitrogens with zero attached hydrogens (tertiary/aromatic N) is 1. The van der Waals surface area contributed by atoms with Gasteiger partial charge in [0.1, 0.15) is 0 Å². The van der Waals surface area contributed by atoms with Crippen LogP contribution in [0.2, 0.25) is 0 Å². The zero-order valence-corrected chi connectivity index (χ0v) is 17.3. The molecule has 5 rings (SSSR count). The summed E-state index contributed by atoms with van der Waals surface area (Å²) in [6, 6.07) is 27.7. The predicted octanol–water partition coefficient (Wildman–Crippen LogP) is 5.48. The van der Waals surface area contributed by atoms with Crippen LogP contribution in [0.4, 0.5) is 5.69 Å². The Morgan fingerprint density at radius 3 is 2.23 bits per heavy atom. The third kappa shape index (κ3) is 3.77. The van der Waals surface area contributed by atoms with Crippen LogP contribution in [0.5, 0.6) is 0 Å². The van der Waals surface area contributed by atoms with Gasteiger partial charge in [-0.1, -0.05) is 72.8 Å². The van der Waals surface area contributed by atoms with E-state index in [9.17, 15) is 9.59 Å². The SMILES string of the molecule is O=C(Nc1cccc2ccccc12)C1CCCN(C(=O)c2cccc3ccccc23)C1.